The van der Waals surface area contributed by atoms with Crippen molar-refractivity contribution in [1.82, 2.24) is 4.98 Å². The molecule has 1 N–H and O–H groups in total. The third-order valence-electron chi connectivity index (χ3n) is 5.80. The summed E-state index contributed by atoms with van der Waals surface area (Å²) in [5, 5.41) is 9.46. The fourth-order valence-corrected chi connectivity index (χ4v) is 4.08. The summed E-state index contributed by atoms with van der Waals surface area (Å²) >= 11 is 0. The molecule has 0 amide bonds. The summed E-state index contributed by atoms with van der Waals surface area (Å²) in [6, 6.07) is 27.7. The van der Waals surface area contributed by atoms with Gasteiger partial charge in [0.25, 0.3) is 6.01 Å². The van der Waals surface area contributed by atoms with Crippen molar-refractivity contribution >= 4 is 12.0 Å². The molecule has 0 aliphatic carbocycles. The Balaban J connectivity index is 1.47. The minimum atomic E-state index is -0.774. The van der Waals surface area contributed by atoms with Gasteiger partial charge in [0.05, 0.1) is 5.92 Å². The first-order valence-electron chi connectivity index (χ1n) is 11.0. The highest BCUT2D eigenvalue weighted by molar-refractivity contribution is 5.78. The van der Waals surface area contributed by atoms with Gasteiger partial charge in [0, 0.05) is 24.2 Å². The summed E-state index contributed by atoms with van der Waals surface area (Å²) in [7, 11) is 0. The number of anilines is 1. The van der Waals surface area contributed by atoms with Gasteiger partial charge < -0.3 is 19.2 Å². The highest BCUT2D eigenvalue weighted by Crippen LogP contribution is 2.37. The number of carboxylic acids is 1. The summed E-state index contributed by atoms with van der Waals surface area (Å²) in [5.41, 5.74) is 2.54. The van der Waals surface area contributed by atoms with Crippen molar-refractivity contribution < 1.29 is 19.1 Å². The lowest BCUT2D eigenvalue weighted by atomic mass is 9.99. The van der Waals surface area contributed by atoms with Crippen LogP contribution in [0.5, 0.6) is 11.5 Å². The molecule has 1 aromatic heterocycles. The first-order chi connectivity index (χ1) is 16.2. The van der Waals surface area contributed by atoms with Crippen LogP contribution in [0.1, 0.15) is 12.8 Å². The van der Waals surface area contributed by atoms with Crippen LogP contribution in [0.3, 0.4) is 0 Å². The number of carboxylic acid groups (broad SMARTS) is 1. The van der Waals surface area contributed by atoms with E-state index in [2.05, 4.69) is 0 Å². The van der Waals surface area contributed by atoms with Gasteiger partial charge in [0.2, 0.25) is 0 Å². The molecule has 2 heterocycles. The van der Waals surface area contributed by atoms with E-state index in [0.29, 0.717) is 24.7 Å². The molecule has 1 aliphatic rings. The molecule has 1 aliphatic heterocycles. The highest BCUT2D eigenvalue weighted by atomic mass is 16.5. The Morgan fingerprint density at radius 2 is 1.58 bits per heavy atom. The maximum atomic E-state index is 11.5. The molecule has 0 saturated carbocycles. The summed E-state index contributed by atoms with van der Waals surface area (Å²) in [4.78, 5) is 18.3. The van der Waals surface area contributed by atoms with Crippen molar-refractivity contribution in [2.24, 2.45) is 5.92 Å². The first-order valence-corrected chi connectivity index (χ1v) is 11.0. The van der Waals surface area contributed by atoms with Crippen molar-refractivity contribution in [3.63, 3.8) is 0 Å². The van der Waals surface area contributed by atoms with Gasteiger partial charge in [-0.2, -0.15) is 4.98 Å². The number of oxazole rings is 1. The molecule has 3 aromatic carbocycles. The number of aromatic nitrogens is 1. The van der Waals surface area contributed by atoms with Crippen LogP contribution in [0.25, 0.3) is 22.6 Å². The number of nitrogens with zero attached hydrogens (tertiary/aromatic N) is 2. The lowest BCUT2D eigenvalue weighted by Crippen LogP contribution is -2.38. The van der Waals surface area contributed by atoms with E-state index in [-0.39, 0.29) is 0 Å². The number of carbonyl (C=O) groups is 1. The van der Waals surface area contributed by atoms with Crippen LogP contribution < -0.4 is 9.64 Å². The highest BCUT2D eigenvalue weighted by Gasteiger charge is 2.29. The van der Waals surface area contributed by atoms with Crippen LogP contribution in [0.4, 0.5) is 6.01 Å². The van der Waals surface area contributed by atoms with Gasteiger partial charge >= 0.3 is 5.97 Å². The number of aliphatic carboxylic acids is 1. The Bertz CT molecular complexity index is 1220. The molecule has 166 valence electrons. The van der Waals surface area contributed by atoms with Crippen LogP contribution in [-0.2, 0) is 4.79 Å². The lowest BCUT2D eigenvalue weighted by Gasteiger charge is -2.29. The zero-order chi connectivity index (χ0) is 22.6. The largest absolute Gasteiger partial charge is 0.481 e. The van der Waals surface area contributed by atoms with Crippen molar-refractivity contribution in [3.8, 4) is 34.1 Å². The predicted octanol–water partition coefficient (Wildman–Crippen LogP) is 6.10. The van der Waals surface area contributed by atoms with Crippen LogP contribution in [0, 0.1) is 5.92 Å². The maximum absolute atomic E-state index is 11.5. The average Bonchev–Trinajstić information content (AvgIpc) is 3.31. The SMILES string of the molecule is O=C(O)C1CCCN(c2nc(-c3ccc(Oc4ccccc4)cc3)c(-c3ccccc3)o2)C1. The molecule has 5 rings (SSSR count). The molecule has 0 bridgehead atoms. The van der Waals surface area contributed by atoms with E-state index in [1.165, 1.54) is 0 Å². The quantitative estimate of drug-likeness (QED) is 0.390. The number of para-hydroxylation sites is 1. The molecular formula is C27H24N2O4. The van der Waals surface area contributed by atoms with E-state index < -0.39 is 11.9 Å². The Kier molecular flexibility index (Phi) is 5.81. The summed E-state index contributed by atoms with van der Waals surface area (Å²) in [6.45, 7) is 1.12. The van der Waals surface area contributed by atoms with Gasteiger partial charge in [0.1, 0.15) is 17.2 Å². The van der Waals surface area contributed by atoms with Gasteiger partial charge in [-0.05, 0) is 49.2 Å². The molecule has 6 heteroatoms. The zero-order valence-electron chi connectivity index (χ0n) is 18.1. The second-order valence-electron chi connectivity index (χ2n) is 8.10. The number of hydrogen-bond donors (Lipinski definition) is 1. The van der Waals surface area contributed by atoms with Crippen LogP contribution in [0.15, 0.2) is 89.3 Å². The third kappa shape index (κ3) is 4.60. The Hall–Kier alpha value is -4.06. The smallest absolute Gasteiger partial charge is 0.308 e. The molecule has 0 spiro atoms. The monoisotopic (exact) mass is 440 g/mol. The fraction of sp³-hybridized carbons (Fsp3) is 0.185. The Morgan fingerprint density at radius 3 is 2.27 bits per heavy atom. The third-order valence-corrected chi connectivity index (χ3v) is 5.80. The van der Waals surface area contributed by atoms with Crippen LogP contribution >= 0.6 is 0 Å². The topological polar surface area (TPSA) is 75.8 Å². The number of ether oxygens (including phenoxy) is 1. The zero-order valence-corrected chi connectivity index (χ0v) is 18.1. The minimum absolute atomic E-state index is 0.396. The van der Waals surface area contributed by atoms with Crippen molar-refractivity contribution in [3.05, 3.63) is 84.9 Å². The van der Waals surface area contributed by atoms with Gasteiger partial charge in [-0.15, -0.1) is 0 Å². The molecule has 33 heavy (non-hydrogen) atoms. The van der Waals surface area contributed by atoms with E-state index in [9.17, 15) is 9.90 Å². The van der Waals surface area contributed by atoms with E-state index in [0.717, 1.165) is 41.3 Å². The van der Waals surface area contributed by atoms with Gasteiger partial charge in [-0.1, -0.05) is 48.5 Å². The molecule has 1 fully saturated rings. The second-order valence-corrected chi connectivity index (χ2v) is 8.10. The molecule has 1 atom stereocenters. The lowest BCUT2D eigenvalue weighted by molar-refractivity contribution is -0.141. The van der Waals surface area contributed by atoms with Crippen LogP contribution in [0.2, 0.25) is 0 Å². The van der Waals surface area contributed by atoms with Gasteiger partial charge in [0.15, 0.2) is 5.76 Å². The summed E-state index contributed by atoms with van der Waals surface area (Å²) in [6.07, 6.45) is 1.47. The van der Waals surface area contributed by atoms with Gasteiger partial charge in [-0.25, -0.2) is 0 Å². The standard InChI is InChI=1S/C27H24N2O4/c30-26(31)21-10-7-17-29(18-21)27-28-24(25(33-27)20-8-3-1-4-9-20)19-13-15-23(16-14-19)32-22-11-5-2-6-12-22/h1-6,8-9,11-16,21H,7,10,17-18H2,(H,30,31). The fourth-order valence-electron chi connectivity index (χ4n) is 4.08. The predicted molar refractivity (Wildman–Crippen MR) is 126 cm³/mol. The Labute approximate surface area is 192 Å². The molecule has 6 nitrogen and oxygen atoms in total. The Morgan fingerprint density at radius 1 is 0.909 bits per heavy atom. The summed E-state index contributed by atoms with van der Waals surface area (Å²) < 4.78 is 12.2. The normalized spacial score (nSPS) is 15.9. The molecule has 0 radical (unpaired) electrons. The number of piperidine rings is 1. The van der Waals surface area contributed by atoms with Crippen molar-refractivity contribution in [2.75, 3.05) is 18.0 Å². The second kappa shape index (κ2) is 9.20. The van der Waals surface area contributed by atoms with E-state index >= 15 is 0 Å². The first kappa shape index (κ1) is 20.8. The minimum Gasteiger partial charge on any atom is -0.481 e. The molecule has 1 unspecified atom stereocenters. The van der Waals surface area contributed by atoms with E-state index in [4.69, 9.17) is 14.1 Å². The van der Waals surface area contributed by atoms with E-state index in [1.807, 2.05) is 89.8 Å². The number of hydrogen-bond acceptors (Lipinski definition) is 5. The molecule has 4 aromatic rings. The van der Waals surface area contributed by atoms with Gasteiger partial charge in [-0.3, -0.25) is 4.79 Å². The van der Waals surface area contributed by atoms with Crippen LogP contribution in [-0.4, -0.2) is 29.1 Å². The molecular weight excluding hydrogens is 416 g/mol. The van der Waals surface area contributed by atoms with Crippen molar-refractivity contribution in [2.45, 2.75) is 12.8 Å². The average molecular weight is 440 g/mol. The van der Waals surface area contributed by atoms with E-state index in [1.54, 1.807) is 0 Å². The summed E-state index contributed by atoms with van der Waals surface area (Å²) in [5.74, 6) is 0.986. The number of rotatable bonds is 6. The molecule has 1 saturated heterocycles. The van der Waals surface area contributed by atoms with Crippen molar-refractivity contribution in [1.29, 1.82) is 0 Å². The number of benzene rings is 3. The maximum Gasteiger partial charge on any atom is 0.308 e.